The lowest BCUT2D eigenvalue weighted by molar-refractivity contribution is -0.175. The van der Waals surface area contributed by atoms with Crippen molar-refractivity contribution in [2.75, 3.05) is 0 Å². The zero-order chi connectivity index (χ0) is 15.3. The Balaban J connectivity index is 5.37. The number of rotatable bonds is 5. The summed E-state index contributed by atoms with van der Waals surface area (Å²) < 4.78 is 109. The molecule has 0 bridgehead atoms. The van der Waals surface area contributed by atoms with Crippen molar-refractivity contribution in [1.82, 2.24) is 0 Å². The van der Waals surface area contributed by atoms with Gasteiger partial charge < -0.3 is 0 Å². The second-order valence-corrected chi connectivity index (χ2v) is 15.0. The quantitative estimate of drug-likeness (QED) is 0.284. The number of halogens is 12. The number of alkyl halides is 4. The highest BCUT2D eigenvalue weighted by Crippen LogP contribution is 3.05. The van der Waals surface area contributed by atoms with Gasteiger partial charge in [-0.25, -0.2) is 0 Å². The average molecular weight is 390 g/mol. The molecule has 14 heteroatoms. The molecule has 0 rings (SSSR count). The Morgan fingerprint density at radius 2 is 1.17 bits per heavy atom. The van der Waals surface area contributed by atoms with Crippen molar-refractivity contribution in [2.24, 2.45) is 0 Å². The van der Waals surface area contributed by atoms with Gasteiger partial charge in [0.25, 0.3) is 0 Å². The van der Waals surface area contributed by atoms with E-state index in [1.54, 1.807) is 0 Å². The van der Waals surface area contributed by atoms with Gasteiger partial charge in [-0.15, -0.1) is 33.2 Å². The molecule has 0 amide bonds. The van der Waals surface area contributed by atoms with Crippen LogP contribution in [0.25, 0.3) is 0 Å². The minimum absolute atomic E-state index is 1.33. The van der Waals surface area contributed by atoms with Gasteiger partial charge in [-0.05, 0) is 6.04 Å². The average Bonchev–Trinajstić information content (AvgIpc) is 1.94. The third-order valence-corrected chi connectivity index (χ3v) is 5.42. The van der Waals surface area contributed by atoms with Crippen LogP contribution in [0.4, 0.5) is 37.0 Å². The van der Waals surface area contributed by atoms with Crippen molar-refractivity contribution in [3.63, 3.8) is 0 Å². The van der Waals surface area contributed by atoms with Crippen LogP contribution in [-0.4, -0.2) is 17.2 Å². The molecular formula is C4H4Cl3F9SSi. The maximum atomic E-state index is 12.6. The Labute approximate surface area is 110 Å². The van der Waals surface area contributed by atoms with Gasteiger partial charge in [0.15, 0.2) is 0 Å². The maximum absolute atomic E-state index is 12.6. The molecule has 18 heavy (non-hydrogen) atoms. The fourth-order valence-electron chi connectivity index (χ4n) is 0.726. The first-order chi connectivity index (χ1) is 7.20. The standard InChI is InChI=1S/C4H4Cl3F9SSi/c5-18(6,7)2-1-3(8,9)4(10,11)17(12,13,14,15)16/h1-2H2. The Kier molecular flexibility index (Phi) is 4.10. The molecule has 0 saturated carbocycles. The van der Waals surface area contributed by atoms with Crippen LogP contribution in [0.5, 0.6) is 0 Å². The van der Waals surface area contributed by atoms with Crippen LogP contribution >= 0.6 is 43.5 Å². The highest BCUT2D eigenvalue weighted by atomic mass is 35.8. The highest BCUT2D eigenvalue weighted by molar-refractivity contribution is 8.46. The Bertz CT molecular complexity index is 330. The second-order valence-electron chi connectivity index (χ2n) is 3.31. The summed E-state index contributed by atoms with van der Waals surface area (Å²) in [6.07, 6.45) is -2.31. The van der Waals surface area contributed by atoms with Gasteiger partial charge in [-0.1, -0.05) is 19.4 Å². The van der Waals surface area contributed by atoms with E-state index >= 15 is 0 Å². The molecule has 0 unspecified atom stereocenters. The predicted octanol–water partition coefficient (Wildman–Crippen LogP) is 6.56. The lowest BCUT2D eigenvalue weighted by atomic mass is 10.3. The first-order valence-corrected chi connectivity index (χ1v) is 10.9. The lowest BCUT2D eigenvalue weighted by Gasteiger charge is -2.48. The summed E-state index contributed by atoms with van der Waals surface area (Å²) in [7, 11) is -11.7. The smallest absolute Gasteiger partial charge is 0.198 e. The molecule has 114 valence electrons. The van der Waals surface area contributed by atoms with Gasteiger partial charge >= 0.3 is 27.4 Å². The van der Waals surface area contributed by atoms with Crippen molar-refractivity contribution >= 4 is 49.5 Å². The summed E-state index contributed by atoms with van der Waals surface area (Å²) in [5.74, 6) is -6.06. The lowest BCUT2D eigenvalue weighted by Crippen LogP contribution is -2.49. The molecule has 0 saturated heterocycles. The fraction of sp³-hybridized carbons (Fsp3) is 1.00. The topological polar surface area (TPSA) is 0 Å². The van der Waals surface area contributed by atoms with Gasteiger partial charge in [0.2, 0.25) is 0 Å². The summed E-state index contributed by atoms with van der Waals surface area (Å²) >= 11 is 15.0. The van der Waals surface area contributed by atoms with Gasteiger partial charge in [0, 0.05) is 6.42 Å². The van der Waals surface area contributed by atoms with Crippen molar-refractivity contribution < 1.29 is 37.0 Å². The molecule has 0 nitrogen and oxygen atoms in total. The van der Waals surface area contributed by atoms with E-state index in [1.165, 1.54) is 0 Å². The van der Waals surface area contributed by atoms with Crippen molar-refractivity contribution in [1.29, 1.82) is 0 Å². The minimum Gasteiger partial charge on any atom is -0.198 e. The van der Waals surface area contributed by atoms with E-state index in [2.05, 4.69) is 0 Å². The molecule has 0 spiro atoms. The van der Waals surface area contributed by atoms with E-state index in [0.29, 0.717) is 0 Å². The monoisotopic (exact) mass is 388 g/mol. The molecule has 0 aromatic carbocycles. The second kappa shape index (κ2) is 3.92. The van der Waals surface area contributed by atoms with Gasteiger partial charge in [-0.2, -0.15) is 17.6 Å². The highest BCUT2D eigenvalue weighted by Gasteiger charge is 2.90. The van der Waals surface area contributed by atoms with Crippen LogP contribution in [0, 0.1) is 0 Å². The van der Waals surface area contributed by atoms with Gasteiger partial charge in [0.05, 0.1) is 0 Å². The van der Waals surface area contributed by atoms with Crippen LogP contribution in [0.2, 0.25) is 6.04 Å². The van der Waals surface area contributed by atoms with Gasteiger partial charge in [0.1, 0.15) is 0 Å². The third kappa shape index (κ3) is 4.15. The van der Waals surface area contributed by atoms with Crippen LogP contribution in [-0.2, 0) is 0 Å². The minimum atomic E-state index is -11.7. The maximum Gasteiger partial charge on any atom is 0.443 e. The van der Waals surface area contributed by atoms with E-state index < -0.39 is 39.9 Å². The van der Waals surface area contributed by atoms with Crippen LogP contribution in [0.15, 0.2) is 0 Å². The summed E-state index contributed by atoms with van der Waals surface area (Å²) in [5.41, 5.74) is 0. The zero-order valence-electron chi connectivity index (χ0n) is 7.86. The molecule has 0 aromatic heterocycles. The van der Waals surface area contributed by atoms with E-state index in [1.807, 2.05) is 0 Å². The summed E-state index contributed by atoms with van der Waals surface area (Å²) in [6.45, 7) is 0. The molecule has 0 aromatic rings. The van der Waals surface area contributed by atoms with Crippen LogP contribution < -0.4 is 0 Å². The van der Waals surface area contributed by atoms with E-state index in [9.17, 15) is 37.0 Å². The fourth-order valence-corrected chi connectivity index (χ4v) is 2.84. The van der Waals surface area contributed by atoms with Gasteiger partial charge in [-0.3, -0.25) is 0 Å². The van der Waals surface area contributed by atoms with Crippen LogP contribution in [0.3, 0.4) is 0 Å². The predicted molar refractivity (Wildman–Crippen MR) is 55.8 cm³/mol. The molecule has 0 fully saturated rings. The molecular weight excluding hydrogens is 386 g/mol. The van der Waals surface area contributed by atoms with Crippen molar-refractivity contribution in [3.05, 3.63) is 0 Å². The summed E-state index contributed by atoms with van der Waals surface area (Å²) in [6, 6.07) is -5.27. The molecule has 0 atom stereocenters. The summed E-state index contributed by atoms with van der Waals surface area (Å²) in [5, 5.41) is -7.47. The van der Waals surface area contributed by atoms with Crippen molar-refractivity contribution in [2.45, 2.75) is 23.6 Å². The number of hydrogen-bond acceptors (Lipinski definition) is 0. The Hall–Kier alpha value is 0.807. The SMILES string of the molecule is FC(F)(CC[Si](Cl)(Cl)Cl)C(F)(F)S(F)(F)(F)(F)F. The van der Waals surface area contributed by atoms with E-state index in [-0.39, 0.29) is 0 Å². The molecule has 0 aliphatic heterocycles. The molecule has 0 aliphatic rings. The Morgan fingerprint density at radius 3 is 1.39 bits per heavy atom. The van der Waals surface area contributed by atoms with Crippen LogP contribution in [0.1, 0.15) is 6.42 Å². The first-order valence-electron chi connectivity index (χ1n) is 3.76. The third-order valence-electron chi connectivity index (χ3n) is 1.63. The number of hydrogen-bond donors (Lipinski definition) is 0. The van der Waals surface area contributed by atoms with Crippen molar-refractivity contribution in [3.8, 4) is 0 Å². The van der Waals surface area contributed by atoms with E-state index in [0.717, 1.165) is 0 Å². The van der Waals surface area contributed by atoms with E-state index in [4.69, 9.17) is 33.2 Å². The molecule has 0 aliphatic carbocycles. The Morgan fingerprint density at radius 1 is 0.833 bits per heavy atom. The first kappa shape index (κ1) is 18.8. The normalized spacial score (nSPS) is 19.3. The molecule has 0 heterocycles. The largest absolute Gasteiger partial charge is 0.443 e. The molecule has 0 N–H and O–H groups in total. The summed E-state index contributed by atoms with van der Waals surface area (Å²) in [4.78, 5) is 0. The molecule has 0 radical (unpaired) electrons. The zero-order valence-corrected chi connectivity index (χ0v) is 11.9.